The summed E-state index contributed by atoms with van der Waals surface area (Å²) >= 11 is 0. The van der Waals surface area contributed by atoms with Crippen LogP contribution in [0.1, 0.15) is 44.2 Å². The molecule has 2 N–H and O–H groups in total. The highest BCUT2D eigenvalue weighted by Gasteiger charge is 2.32. The minimum absolute atomic E-state index is 0.155. The molecule has 1 aliphatic rings. The third-order valence-corrected chi connectivity index (χ3v) is 4.45. The predicted octanol–water partition coefficient (Wildman–Crippen LogP) is 3.01. The van der Waals surface area contributed by atoms with E-state index in [1.165, 1.54) is 5.56 Å². The summed E-state index contributed by atoms with van der Waals surface area (Å²) in [7, 11) is 0. The van der Waals surface area contributed by atoms with E-state index in [0.29, 0.717) is 12.5 Å². The van der Waals surface area contributed by atoms with Crippen molar-refractivity contribution in [2.45, 2.75) is 38.6 Å². The van der Waals surface area contributed by atoms with Gasteiger partial charge in [-0.15, -0.1) is 0 Å². The lowest BCUT2D eigenvalue weighted by molar-refractivity contribution is 0.191. The molecule has 0 amide bonds. The van der Waals surface area contributed by atoms with E-state index in [1.54, 1.807) is 0 Å². The molecule has 1 atom stereocenters. The Morgan fingerprint density at radius 2 is 2.00 bits per heavy atom. The zero-order chi connectivity index (χ0) is 14.3. The molecule has 0 aliphatic carbocycles. The van der Waals surface area contributed by atoms with Crippen LogP contribution in [0, 0.1) is 16.7 Å². The molecule has 1 aliphatic heterocycles. The van der Waals surface area contributed by atoms with Crippen LogP contribution in [0.3, 0.4) is 0 Å². The van der Waals surface area contributed by atoms with Crippen LogP contribution >= 0.6 is 0 Å². The van der Waals surface area contributed by atoms with Crippen molar-refractivity contribution in [2.75, 3.05) is 19.6 Å². The molecule has 1 heterocycles. The Hall–Kier alpha value is -1.37. The van der Waals surface area contributed by atoms with Gasteiger partial charge in [-0.2, -0.15) is 5.26 Å². The molecule has 20 heavy (non-hydrogen) atoms. The largest absolute Gasteiger partial charge is 0.317 e. The fourth-order valence-electron chi connectivity index (χ4n) is 3.06. The predicted molar refractivity (Wildman–Crippen MR) is 82.2 cm³/mol. The number of piperidine rings is 1. The quantitative estimate of drug-likeness (QED) is 0.836. The Balaban J connectivity index is 1.99. The van der Waals surface area contributed by atoms with Gasteiger partial charge in [-0.25, -0.2) is 0 Å². The summed E-state index contributed by atoms with van der Waals surface area (Å²) < 4.78 is 0. The lowest BCUT2D eigenvalue weighted by atomic mass is 9.76. The van der Waals surface area contributed by atoms with Crippen LogP contribution < -0.4 is 10.6 Å². The van der Waals surface area contributed by atoms with Gasteiger partial charge in [-0.3, -0.25) is 0 Å². The van der Waals surface area contributed by atoms with Crippen LogP contribution in [0.5, 0.6) is 0 Å². The van der Waals surface area contributed by atoms with E-state index < -0.39 is 0 Å². The Labute approximate surface area is 122 Å². The van der Waals surface area contributed by atoms with Crippen LogP contribution in [0.25, 0.3) is 0 Å². The molecule has 3 heteroatoms. The number of benzene rings is 1. The lowest BCUT2D eigenvalue weighted by Crippen LogP contribution is -2.43. The summed E-state index contributed by atoms with van der Waals surface area (Å²) in [5, 5.41) is 16.2. The molecule has 3 nitrogen and oxygen atoms in total. The Morgan fingerprint density at radius 3 is 2.60 bits per heavy atom. The summed E-state index contributed by atoms with van der Waals surface area (Å²) in [6.07, 6.45) is 3.93. The minimum atomic E-state index is 0.155. The van der Waals surface area contributed by atoms with Crippen molar-refractivity contribution in [1.29, 1.82) is 5.26 Å². The van der Waals surface area contributed by atoms with E-state index in [0.717, 1.165) is 38.9 Å². The Morgan fingerprint density at radius 1 is 1.30 bits per heavy atom. The molecule has 1 aromatic carbocycles. The number of nitrogens with zero attached hydrogens (tertiary/aromatic N) is 1. The van der Waals surface area contributed by atoms with Crippen molar-refractivity contribution in [3.05, 3.63) is 35.9 Å². The molecule has 1 saturated heterocycles. The minimum Gasteiger partial charge on any atom is -0.317 e. The summed E-state index contributed by atoms with van der Waals surface area (Å²) in [5.74, 6) is 0. The number of nitrogens with one attached hydrogen (secondary N) is 2. The Kier molecular flexibility index (Phi) is 5.58. The van der Waals surface area contributed by atoms with Crippen LogP contribution in [-0.2, 0) is 0 Å². The smallest absolute Gasteiger partial charge is 0.0628 e. The maximum Gasteiger partial charge on any atom is 0.0628 e. The standard InChI is InChI=1S/C17H25N3/c1-2-16(15-6-4-3-5-7-15)20-14-17(8-11-18)9-12-19-13-10-17/h3-7,16,19-20H,2,8-10,12-14H2,1H3. The summed E-state index contributed by atoms with van der Waals surface area (Å²) in [5.41, 5.74) is 1.50. The Bertz CT molecular complexity index is 429. The van der Waals surface area contributed by atoms with Crippen LogP contribution in [-0.4, -0.2) is 19.6 Å². The first-order valence-electron chi connectivity index (χ1n) is 7.66. The first kappa shape index (κ1) is 15.0. The summed E-state index contributed by atoms with van der Waals surface area (Å²) in [6.45, 7) is 5.22. The van der Waals surface area contributed by atoms with E-state index in [2.05, 4.69) is 54.0 Å². The van der Waals surface area contributed by atoms with Crippen molar-refractivity contribution in [1.82, 2.24) is 10.6 Å². The van der Waals surface area contributed by atoms with Crippen molar-refractivity contribution in [3.63, 3.8) is 0 Å². The SMILES string of the molecule is CCC(NCC1(CC#N)CCNCC1)c1ccccc1. The molecule has 0 aromatic heterocycles. The highest BCUT2D eigenvalue weighted by Crippen LogP contribution is 2.32. The van der Waals surface area contributed by atoms with Gasteiger partial charge in [0.05, 0.1) is 6.07 Å². The maximum absolute atomic E-state index is 9.12. The van der Waals surface area contributed by atoms with E-state index in [4.69, 9.17) is 5.26 Å². The van der Waals surface area contributed by atoms with Gasteiger partial charge in [-0.1, -0.05) is 37.3 Å². The van der Waals surface area contributed by atoms with Crippen LogP contribution in [0.4, 0.5) is 0 Å². The topological polar surface area (TPSA) is 47.9 Å². The van der Waals surface area contributed by atoms with Gasteiger partial charge < -0.3 is 10.6 Å². The molecule has 1 fully saturated rings. The van der Waals surface area contributed by atoms with Gasteiger partial charge >= 0.3 is 0 Å². The second kappa shape index (κ2) is 7.42. The monoisotopic (exact) mass is 271 g/mol. The highest BCUT2D eigenvalue weighted by atomic mass is 14.9. The van der Waals surface area contributed by atoms with E-state index in [9.17, 15) is 0 Å². The van der Waals surface area contributed by atoms with Crippen LogP contribution in [0.2, 0.25) is 0 Å². The number of rotatable bonds is 6. The van der Waals surface area contributed by atoms with Gasteiger partial charge in [0.1, 0.15) is 0 Å². The van der Waals surface area contributed by atoms with Gasteiger partial charge in [0.2, 0.25) is 0 Å². The fourth-order valence-corrected chi connectivity index (χ4v) is 3.06. The molecule has 0 spiro atoms. The molecule has 1 aromatic rings. The van der Waals surface area contributed by atoms with Gasteiger partial charge in [-0.05, 0) is 43.3 Å². The fraction of sp³-hybridized carbons (Fsp3) is 0.588. The van der Waals surface area contributed by atoms with E-state index in [1.807, 2.05) is 0 Å². The first-order chi connectivity index (χ1) is 9.79. The lowest BCUT2D eigenvalue weighted by Gasteiger charge is -2.37. The van der Waals surface area contributed by atoms with Crippen LogP contribution in [0.15, 0.2) is 30.3 Å². The average molecular weight is 271 g/mol. The molecule has 2 rings (SSSR count). The molecule has 1 unspecified atom stereocenters. The van der Waals surface area contributed by atoms with Crippen molar-refractivity contribution in [3.8, 4) is 6.07 Å². The van der Waals surface area contributed by atoms with Gasteiger partial charge in [0.25, 0.3) is 0 Å². The second-order valence-electron chi connectivity index (χ2n) is 5.84. The highest BCUT2D eigenvalue weighted by molar-refractivity contribution is 5.18. The first-order valence-corrected chi connectivity index (χ1v) is 7.66. The zero-order valence-corrected chi connectivity index (χ0v) is 12.4. The van der Waals surface area contributed by atoms with Crippen molar-refractivity contribution < 1.29 is 0 Å². The molecule has 0 radical (unpaired) electrons. The summed E-state index contributed by atoms with van der Waals surface area (Å²) in [4.78, 5) is 0. The summed E-state index contributed by atoms with van der Waals surface area (Å²) in [6, 6.07) is 13.4. The number of hydrogen-bond donors (Lipinski definition) is 2. The molecular formula is C17H25N3. The normalized spacial score (nSPS) is 19.2. The third kappa shape index (κ3) is 3.82. The second-order valence-corrected chi connectivity index (χ2v) is 5.84. The maximum atomic E-state index is 9.12. The number of nitriles is 1. The molecule has 108 valence electrons. The molecule has 0 saturated carbocycles. The van der Waals surface area contributed by atoms with E-state index in [-0.39, 0.29) is 5.41 Å². The average Bonchev–Trinajstić information content (AvgIpc) is 2.50. The molecular weight excluding hydrogens is 246 g/mol. The van der Waals surface area contributed by atoms with Crippen molar-refractivity contribution in [2.24, 2.45) is 5.41 Å². The zero-order valence-electron chi connectivity index (χ0n) is 12.4. The molecule has 0 bridgehead atoms. The van der Waals surface area contributed by atoms with Crippen molar-refractivity contribution >= 4 is 0 Å². The number of hydrogen-bond acceptors (Lipinski definition) is 3. The van der Waals surface area contributed by atoms with E-state index >= 15 is 0 Å². The van der Waals surface area contributed by atoms with Gasteiger partial charge in [0.15, 0.2) is 0 Å². The third-order valence-electron chi connectivity index (χ3n) is 4.45. The van der Waals surface area contributed by atoms with Gasteiger partial charge in [0, 0.05) is 19.0 Å².